The highest BCUT2D eigenvalue weighted by Gasteiger charge is 2.25. The van der Waals surface area contributed by atoms with Gasteiger partial charge in [0, 0.05) is 30.8 Å². The number of aliphatic hydroxyl groups excluding tert-OH is 1. The number of nitrogens with one attached hydrogen (secondary N) is 1. The van der Waals surface area contributed by atoms with Crippen LogP contribution in [-0.2, 0) is 11.8 Å². The van der Waals surface area contributed by atoms with Gasteiger partial charge in [-0.15, -0.1) is 0 Å². The number of nitrogens with two attached hydrogens (primary N) is 1. The summed E-state index contributed by atoms with van der Waals surface area (Å²) in [4.78, 5) is 20.7. The van der Waals surface area contributed by atoms with Gasteiger partial charge in [-0.2, -0.15) is 0 Å². The summed E-state index contributed by atoms with van der Waals surface area (Å²) in [5.41, 5.74) is 6.27. The summed E-state index contributed by atoms with van der Waals surface area (Å²) in [5, 5.41) is 12.7. The Morgan fingerprint density at radius 2 is 1.97 bits per heavy atom. The molecule has 0 saturated carbocycles. The first kappa shape index (κ1) is 21.6. The minimum absolute atomic E-state index is 0.0604. The van der Waals surface area contributed by atoms with Crippen molar-refractivity contribution in [1.82, 2.24) is 14.5 Å². The SMILES string of the molecule is Cc1nc(N)c2c(-c3ccc(NC(=O)C(O)C4=CCCC(F)=C4)c(F)c3F)cn(C)c2n1. The van der Waals surface area contributed by atoms with Gasteiger partial charge < -0.3 is 20.7 Å². The fourth-order valence-corrected chi connectivity index (χ4v) is 3.70. The van der Waals surface area contributed by atoms with Gasteiger partial charge in [-0.05, 0) is 37.1 Å². The molecular weight excluding hydrogens is 423 g/mol. The summed E-state index contributed by atoms with van der Waals surface area (Å²) in [6, 6.07) is 2.46. The number of aromatic nitrogens is 3. The lowest BCUT2D eigenvalue weighted by molar-refractivity contribution is -0.122. The lowest BCUT2D eigenvalue weighted by atomic mass is 10.0. The highest BCUT2D eigenvalue weighted by atomic mass is 19.2. The fourth-order valence-electron chi connectivity index (χ4n) is 3.70. The van der Waals surface area contributed by atoms with Crippen LogP contribution in [0.25, 0.3) is 22.2 Å². The largest absolute Gasteiger partial charge is 0.383 e. The number of halogens is 3. The van der Waals surface area contributed by atoms with E-state index in [9.17, 15) is 18.7 Å². The third-order valence-corrected chi connectivity index (χ3v) is 5.24. The normalized spacial score (nSPS) is 14.8. The Morgan fingerprint density at radius 3 is 2.69 bits per heavy atom. The quantitative estimate of drug-likeness (QED) is 0.571. The summed E-state index contributed by atoms with van der Waals surface area (Å²) in [5.74, 6) is -3.44. The lowest BCUT2D eigenvalue weighted by Crippen LogP contribution is -2.30. The van der Waals surface area contributed by atoms with Crippen LogP contribution in [0.4, 0.5) is 24.7 Å². The van der Waals surface area contributed by atoms with Crippen LogP contribution in [0.5, 0.6) is 0 Å². The molecule has 1 amide bonds. The van der Waals surface area contributed by atoms with Crippen molar-refractivity contribution in [3.63, 3.8) is 0 Å². The fraction of sp³-hybridized carbons (Fsp3) is 0.227. The van der Waals surface area contributed by atoms with Crippen LogP contribution in [0.1, 0.15) is 18.7 Å². The topological polar surface area (TPSA) is 106 Å². The number of benzene rings is 1. The van der Waals surface area contributed by atoms with Crippen molar-refractivity contribution in [3.8, 4) is 11.1 Å². The lowest BCUT2D eigenvalue weighted by Gasteiger charge is -2.16. The van der Waals surface area contributed by atoms with Gasteiger partial charge in [0.1, 0.15) is 23.1 Å². The van der Waals surface area contributed by atoms with Gasteiger partial charge in [0.2, 0.25) is 0 Å². The zero-order valence-corrected chi connectivity index (χ0v) is 17.3. The Balaban J connectivity index is 1.67. The first-order valence-corrected chi connectivity index (χ1v) is 9.80. The van der Waals surface area contributed by atoms with Crippen molar-refractivity contribution >= 4 is 28.4 Å². The molecule has 32 heavy (non-hydrogen) atoms. The number of aryl methyl sites for hydroxylation is 2. The summed E-state index contributed by atoms with van der Waals surface area (Å²) >= 11 is 0. The average molecular weight is 443 g/mol. The molecule has 166 valence electrons. The second-order valence-corrected chi connectivity index (χ2v) is 7.52. The van der Waals surface area contributed by atoms with E-state index < -0.39 is 35.2 Å². The second-order valence-electron chi connectivity index (χ2n) is 7.52. The van der Waals surface area contributed by atoms with Crippen molar-refractivity contribution in [2.24, 2.45) is 7.05 Å². The second kappa shape index (κ2) is 8.12. The van der Waals surface area contributed by atoms with Crippen molar-refractivity contribution in [2.75, 3.05) is 11.1 Å². The Hall–Kier alpha value is -3.66. The molecule has 10 heteroatoms. The van der Waals surface area contributed by atoms with E-state index >= 15 is 4.39 Å². The molecule has 0 spiro atoms. The molecule has 0 saturated heterocycles. The summed E-state index contributed by atoms with van der Waals surface area (Å²) in [6.45, 7) is 1.67. The number of nitrogen functional groups attached to an aromatic ring is 1. The van der Waals surface area contributed by atoms with Crippen molar-refractivity contribution in [1.29, 1.82) is 0 Å². The number of hydrogen-bond acceptors (Lipinski definition) is 5. The van der Waals surface area contributed by atoms with Gasteiger partial charge in [0.15, 0.2) is 17.7 Å². The number of carbonyl (C=O) groups excluding carboxylic acids is 1. The van der Waals surface area contributed by atoms with Crippen LogP contribution < -0.4 is 11.1 Å². The van der Waals surface area contributed by atoms with Crippen LogP contribution >= 0.6 is 0 Å². The number of carbonyl (C=O) groups is 1. The molecule has 3 aromatic rings. The third kappa shape index (κ3) is 3.73. The standard InChI is InChI=1S/C22H20F3N5O2/c1-10-27-20(26)16-14(9-30(2)21(16)28-10)13-6-7-15(18(25)17(13)24)29-22(32)19(31)11-4-3-5-12(23)8-11/h4,6-9,19,31H,3,5H2,1-2H3,(H,29,32)(H2,26,27,28). The summed E-state index contributed by atoms with van der Waals surface area (Å²) in [7, 11) is 1.69. The molecule has 0 aliphatic heterocycles. The van der Waals surface area contributed by atoms with Crippen LogP contribution in [0.2, 0.25) is 0 Å². The average Bonchev–Trinajstić information content (AvgIpc) is 3.07. The number of fused-ring (bicyclic) bond motifs is 1. The first-order chi connectivity index (χ1) is 15.2. The molecule has 2 heterocycles. The smallest absolute Gasteiger partial charge is 0.257 e. The van der Waals surface area contributed by atoms with E-state index in [4.69, 9.17) is 5.73 Å². The molecule has 0 bridgehead atoms. The van der Waals surface area contributed by atoms with Gasteiger partial charge >= 0.3 is 0 Å². The van der Waals surface area contributed by atoms with Crippen LogP contribution in [0, 0.1) is 18.6 Å². The van der Waals surface area contributed by atoms with Crippen LogP contribution in [0.3, 0.4) is 0 Å². The molecule has 7 nitrogen and oxygen atoms in total. The van der Waals surface area contributed by atoms with Gasteiger partial charge in [0.25, 0.3) is 5.91 Å². The molecule has 1 aromatic carbocycles. The number of allylic oxidation sites excluding steroid dienone is 2. The highest BCUT2D eigenvalue weighted by molar-refractivity contribution is 6.01. The number of hydrogen-bond donors (Lipinski definition) is 3. The van der Waals surface area contributed by atoms with E-state index in [2.05, 4.69) is 15.3 Å². The van der Waals surface area contributed by atoms with E-state index in [0.717, 1.165) is 6.08 Å². The van der Waals surface area contributed by atoms with E-state index in [1.807, 2.05) is 0 Å². The van der Waals surface area contributed by atoms with Gasteiger partial charge in [0.05, 0.1) is 11.1 Å². The molecule has 4 N–H and O–H groups in total. The molecule has 1 unspecified atom stereocenters. The predicted octanol–water partition coefficient (Wildman–Crippen LogP) is 3.68. The Kier molecular flexibility index (Phi) is 5.47. The van der Waals surface area contributed by atoms with Crippen molar-refractivity contribution in [2.45, 2.75) is 25.9 Å². The first-order valence-electron chi connectivity index (χ1n) is 9.80. The van der Waals surface area contributed by atoms with E-state index in [1.165, 1.54) is 18.2 Å². The van der Waals surface area contributed by atoms with Gasteiger partial charge in [-0.3, -0.25) is 4.79 Å². The molecule has 1 aliphatic carbocycles. The number of rotatable bonds is 4. The van der Waals surface area contributed by atoms with Crippen LogP contribution in [-0.4, -0.2) is 31.7 Å². The summed E-state index contributed by atoms with van der Waals surface area (Å²) < 4.78 is 44.9. The number of nitrogens with zero attached hydrogens (tertiary/aromatic N) is 3. The van der Waals surface area contributed by atoms with E-state index in [-0.39, 0.29) is 23.4 Å². The maximum absolute atomic E-state index is 15.0. The molecule has 1 atom stereocenters. The van der Waals surface area contributed by atoms with Crippen molar-refractivity contribution in [3.05, 3.63) is 59.3 Å². The molecule has 0 fully saturated rings. The van der Waals surface area contributed by atoms with Gasteiger partial charge in [-0.1, -0.05) is 6.08 Å². The van der Waals surface area contributed by atoms with E-state index in [0.29, 0.717) is 28.8 Å². The highest BCUT2D eigenvalue weighted by Crippen LogP contribution is 2.36. The third-order valence-electron chi connectivity index (χ3n) is 5.24. The van der Waals surface area contributed by atoms with Crippen molar-refractivity contribution < 1.29 is 23.1 Å². The molecule has 4 rings (SSSR count). The Morgan fingerprint density at radius 1 is 1.22 bits per heavy atom. The number of amides is 1. The maximum atomic E-state index is 15.0. The molecule has 0 radical (unpaired) electrons. The summed E-state index contributed by atoms with van der Waals surface area (Å²) in [6.07, 6.45) is 2.93. The number of aliphatic hydroxyl groups is 1. The Bertz CT molecular complexity index is 1310. The zero-order chi connectivity index (χ0) is 23.2. The molecule has 1 aliphatic rings. The molecule has 2 aromatic heterocycles. The number of anilines is 2. The van der Waals surface area contributed by atoms with Gasteiger partial charge in [-0.25, -0.2) is 23.1 Å². The minimum Gasteiger partial charge on any atom is -0.383 e. The van der Waals surface area contributed by atoms with Crippen LogP contribution in [0.15, 0.2) is 41.9 Å². The Labute approximate surface area is 181 Å². The predicted molar refractivity (Wildman–Crippen MR) is 114 cm³/mol. The monoisotopic (exact) mass is 443 g/mol. The minimum atomic E-state index is -1.72. The zero-order valence-electron chi connectivity index (χ0n) is 17.3. The maximum Gasteiger partial charge on any atom is 0.257 e. The van der Waals surface area contributed by atoms with E-state index in [1.54, 1.807) is 24.7 Å². The molecular formula is C22H20F3N5O2.